The summed E-state index contributed by atoms with van der Waals surface area (Å²) < 4.78 is 0. The van der Waals surface area contributed by atoms with Crippen LogP contribution in [-0.2, 0) is 0 Å². The van der Waals surface area contributed by atoms with E-state index in [0.717, 1.165) is 6.42 Å². The maximum absolute atomic E-state index is 3.98. The van der Waals surface area contributed by atoms with Crippen LogP contribution in [0.5, 0.6) is 0 Å². The largest absolute Gasteiger partial charge is 0.103 e. The van der Waals surface area contributed by atoms with Gasteiger partial charge in [0, 0.05) is 0 Å². The highest BCUT2D eigenvalue weighted by Gasteiger charge is 2.19. The molecular weight excluding hydrogens is 256 g/mol. The highest BCUT2D eigenvalue weighted by atomic mass is 28.3. The molecule has 1 rings (SSSR count). The Bertz CT molecular complexity index is 366. The van der Waals surface area contributed by atoms with Gasteiger partial charge in [0.2, 0.25) is 0 Å². The number of unbranched alkanes of at least 4 members (excludes halogenated alkanes) is 2. The second-order valence-corrected chi connectivity index (χ2v) is 12.3. The van der Waals surface area contributed by atoms with E-state index in [9.17, 15) is 0 Å². The normalized spacial score (nSPS) is 21.1. The number of hydrogen-bond donors (Lipinski definition) is 0. The van der Waals surface area contributed by atoms with Crippen molar-refractivity contribution in [3.05, 3.63) is 35.1 Å². The van der Waals surface area contributed by atoms with Crippen molar-refractivity contribution in [3.63, 3.8) is 0 Å². The predicted molar refractivity (Wildman–Crippen MR) is 95.9 cm³/mol. The highest BCUT2D eigenvalue weighted by molar-refractivity contribution is 6.81. The van der Waals surface area contributed by atoms with Crippen molar-refractivity contribution in [1.29, 1.82) is 0 Å². The third kappa shape index (κ3) is 6.26. The molecule has 0 radical (unpaired) electrons. The Balaban J connectivity index is 2.99. The Kier molecular flexibility index (Phi) is 7.58. The van der Waals surface area contributed by atoms with E-state index in [2.05, 4.69) is 44.9 Å². The molecule has 1 heteroatoms. The second kappa shape index (κ2) is 8.66. The summed E-state index contributed by atoms with van der Waals surface area (Å²) in [5.74, 6) is 0. The first kappa shape index (κ1) is 17.5. The van der Waals surface area contributed by atoms with Crippen molar-refractivity contribution >= 4 is 8.07 Å². The van der Waals surface area contributed by atoms with Gasteiger partial charge < -0.3 is 0 Å². The molecule has 0 aromatic heterocycles. The Morgan fingerprint density at radius 3 is 2.45 bits per heavy atom. The number of hydrogen-bond acceptors (Lipinski definition) is 0. The molecule has 1 aliphatic carbocycles. The van der Waals surface area contributed by atoms with Crippen LogP contribution in [0.25, 0.3) is 0 Å². The number of rotatable bonds is 7. The van der Waals surface area contributed by atoms with E-state index in [0.29, 0.717) is 0 Å². The van der Waals surface area contributed by atoms with Gasteiger partial charge >= 0.3 is 0 Å². The molecule has 20 heavy (non-hydrogen) atoms. The van der Waals surface area contributed by atoms with Crippen LogP contribution in [0.3, 0.4) is 0 Å². The van der Waals surface area contributed by atoms with Gasteiger partial charge in [-0.05, 0) is 50.5 Å². The second-order valence-electron chi connectivity index (χ2n) is 7.27. The lowest BCUT2D eigenvalue weighted by atomic mass is 9.84. The molecule has 0 spiro atoms. The molecular formula is C19H34Si. The van der Waals surface area contributed by atoms with Crippen molar-refractivity contribution in [1.82, 2.24) is 0 Å². The van der Waals surface area contributed by atoms with E-state index >= 15 is 0 Å². The number of allylic oxidation sites excluding steroid dienone is 4. The average Bonchev–Trinajstić information content (AvgIpc) is 2.37. The fourth-order valence-corrected chi connectivity index (χ4v) is 4.52. The summed E-state index contributed by atoms with van der Waals surface area (Å²) >= 11 is 0. The third-order valence-electron chi connectivity index (χ3n) is 4.02. The fraction of sp³-hybridized carbons (Fsp3) is 0.684. The molecule has 0 heterocycles. The van der Waals surface area contributed by atoms with Crippen LogP contribution in [0.4, 0.5) is 0 Å². The SMILES string of the molecule is C=CC/C(CCCCC)=C1/CCCC/C1=C\[Si](C)(C)C. The summed E-state index contributed by atoms with van der Waals surface area (Å²) in [5, 5.41) is 0. The summed E-state index contributed by atoms with van der Waals surface area (Å²) in [6.07, 6.45) is 13.9. The molecule has 0 aromatic rings. The third-order valence-corrected chi connectivity index (χ3v) is 5.23. The lowest BCUT2D eigenvalue weighted by molar-refractivity contribution is 0.653. The lowest BCUT2D eigenvalue weighted by Gasteiger charge is -2.25. The quantitative estimate of drug-likeness (QED) is 0.274. The molecule has 1 saturated carbocycles. The van der Waals surface area contributed by atoms with Crippen molar-refractivity contribution in [2.75, 3.05) is 0 Å². The minimum Gasteiger partial charge on any atom is -0.103 e. The first-order valence-electron chi connectivity index (χ1n) is 8.52. The van der Waals surface area contributed by atoms with Gasteiger partial charge in [-0.3, -0.25) is 0 Å². The Hall–Kier alpha value is -0.563. The van der Waals surface area contributed by atoms with Crippen molar-refractivity contribution in [2.45, 2.75) is 84.4 Å². The molecule has 0 nitrogen and oxygen atoms in total. The van der Waals surface area contributed by atoms with E-state index in [1.807, 2.05) is 0 Å². The van der Waals surface area contributed by atoms with Crippen molar-refractivity contribution in [3.8, 4) is 0 Å². The van der Waals surface area contributed by atoms with E-state index < -0.39 is 8.07 Å². The summed E-state index contributed by atoms with van der Waals surface area (Å²) in [5.41, 5.74) is 7.76. The van der Waals surface area contributed by atoms with Gasteiger partial charge in [0.1, 0.15) is 0 Å². The molecule has 0 aliphatic heterocycles. The molecule has 0 unspecified atom stereocenters. The maximum Gasteiger partial charge on any atom is 0.0690 e. The van der Waals surface area contributed by atoms with Crippen LogP contribution >= 0.6 is 0 Å². The molecule has 0 aromatic carbocycles. The monoisotopic (exact) mass is 290 g/mol. The van der Waals surface area contributed by atoms with Gasteiger partial charge in [-0.2, -0.15) is 0 Å². The van der Waals surface area contributed by atoms with Crippen molar-refractivity contribution in [2.24, 2.45) is 0 Å². The minimum absolute atomic E-state index is 1.10. The zero-order valence-corrected chi connectivity index (χ0v) is 15.2. The molecule has 0 bridgehead atoms. The zero-order valence-electron chi connectivity index (χ0n) is 14.2. The summed E-state index contributed by atoms with van der Waals surface area (Å²) in [6.45, 7) is 13.6. The minimum atomic E-state index is -1.12. The molecule has 1 aliphatic rings. The highest BCUT2D eigenvalue weighted by Crippen LogP contribution is 2.35. The molecule has 0 amide bonds. The van der Waals surface area contributed by atoms with Gasteiger partial charge in [0.15, 0.2) is 0 Å². The smallest absolute Gasteiger partial charge is 0.0690 e. The molecule has 0 atom stereocenters. The molecule has 1 fully saturated rings. The van der Waals surface area contributed by atoms with Crippen LogP contribution in [0.1, 0.15) is 64.7 Å². The van der Waals surface area contributed by atoms with Crippen LogP contribution in [0.15, 0.2) is 35.1 Å². The Morgan fingerprint density at radius 2 is 1.85 bits per heavy atom. The van der Waals surface area contributed by atoms with Crippen LogP contribution in [0, 0.1) is 0 Å². The Labute approximate surface area is 128 Å². The van der Waals surface area contributed by atoms with E-state index in [-0.39, 0.29) is 0 Å². The van der Waals surface area contributed by atoms with Gasteiger partial charge in [-0.15, -0.1) is 6.58 Å². The first-order chi connectivity index (χ1) is 9.48. The topological polar surface area (TPSA) is 0 Å². The average molecular weight is 291 g/mol. The zero-order chi connectivity index (χ0) is 15.0. The van der Waals surface area contributed by atoms with Gasteiger partial charge in [0.25, 0.3) is 0 Å². The van der Waals surface area contributed by atoms with Gasteiger partial charge in [-0.1, -0.05) is 62.3 Å². The van der Waals surface area contributed by atoms with Crippen LogP contribution < -0.4 is 0 Å². The van der Waals surface area contributed by atoms with E-state index in [4.69, 9.17) is 0 Å². The predicted octanol–water partition coefficient (Wildman–Crippen LogP) is 6.82. The molecule has 0 N–H and O–H groups in total. The van der Waals surface area contributed by atoms with E-state index in [1.54, 1.807) is 16.7 Å². The fourth-order valence-electron chi connectivity index (χ4n) is 3.15. The maximum atomic E-state index is 3.98. The van der Waals surface area contributed by atoms with Crippen LogP contribution in [-0.4, -0.2) is 8.07 Å². The molecule has 114 valence electrons. The summed E-state index contributed by atoms with van der Waals surface area (Å²) in [4.78, 5) is 0. The standard InChI is InChI=1S/C19H34Si/c1-6-8-9-13-17(12-7-2)19-15-11-10-14-18(19)16-20(3,4)5/h7,16H,2,6,8-15H2,1,3-5H3/b18-16+,19-17+. The Morgan fingerprint density at radius 1 is 1.15 bits per heavy atom. The van der Waals surface area contributed by atoms with Gasteiger partial charge in [0.05, 0.1) is 8.07 Å². The van der Waals surface area contributed by atoms with Gasteiger partial charge in [-0.25, -0.2) is 0 Å². The van der Waals surface area contributed by atoms with Crippen molar-refractivity contribution < 1.29 is 0 Å². The summed E-state index contributed by atoms with van der Waals surface area (Å²) in [7, 11) is -1.12. The summed E-state index contributed by atoms with van der Waals surface area (Å²) in [6, 6.07) is 0. The lowest BCUT2D eigenvalue weighted by Crippen LogP contribution is -2.18. The van der Waals surface area contributed by atoms with E-state index in [1.165, 1.54) is 51.4 Å². The molecule has 0 saturated heterocycles. The van der Waals surface area contributed by atoms with Crippen LogP contribution in [0.2, 0.25) is 19.6 Å². The first-order valence-corrected chi connectivity index (χ1v) is 12.1.